The Morgan fingerprint density at radius 3 is 2.44 bits per heavy atom. The zero-order chi connectivity index (χ0) is 6.91. The molecule has 0 aromatic heterocycles. The molecule has 2 heteroatoms. The highest BCUT2D eigenvalue weighted by molar-refractivity contribution is 4.95. The lowest BCUT2D eigenvalue weighted by Gasteiger charge is -2.29. The van der Waals surface area contributed by atoms with Gasteiger partial charge in [0, 0.05) is 0 Å². The molecule has 0 amide bonds. The fourth-order valence-corrected chi connectivity index (χ4v) is 0.809. The van der Waals surface area contributed by atoms with Crippen LogP contribution >= 0.6 is 0 Å². The van der Waals surface area contributed by atoms with E-state index in [9.17, 15) is 0 Å². The molecule has 0 aromatic rings. The van der Waals surface area contributed by atoms with E-state index in [1.54, 1.807) is 6.26 Å². The van der Waals surface area contributed by atoms with Gasteiger partial charge in [-0.2, -0.15) is 0 Å². The molecule has 2 nitrogen and oxygen atoms in total. The van der Waals surface area contributed by atoms with E-state index in [0.29, 0.717) is 0 Å². The fourth-order valence-electron chi connectivity index (χ4n) is 0.809. The Morgan fingerprint density at radius 1 is 1.44 bits per heavy atom. The maximum atomic E-state index is 5.36. The summed E-state index contributed by atoms with van der Waals surface area (Å²) in [5.74, 6) is 0. The maximum Gasteiger partial charge on any atom is 0.197 e. The Kier molecular flexibility index (Phi) is 1.49. The number of rotatable bonds is 0. The lowest BCUT2D eigenvalue weighted by molar-refractivity contribution is -0.164. The third kappa shape index (κ3) is 1.72. The minimum atomic E-state index is -0.155. The van der Waals surface area contributed by atoms with Gasteiger partial charge in [0.2, 0.25) is 0 Å². The third-order valence-corrected chi connectivity index (χ3v) is 1.21. The standard InChI is InChI=1S/C7H12O2/c1-6-8-5-4-7(2,3)9-6/h4-6H,1-3H3. The summed E-state index contributed by atoms with van der Waals surface area (Å²) >= 11 is 0. The van der Waals surface area contributed by atoms with Gasteiger partial charge >= 0.3 is 0 Å². The van der Waals surface area contributed by atoms with Crippen LogP contribution in [0.4, 0.5) is 0 Å². The van der Waals surface area contributed by atoms with Crippen molar-refractivity contribution in [3.8, 4) is 0 Å². The summed E-state index contributed by atoms with van der Waals surface area (Å²) in [6, 6.07) is 0. The predicted octanol–water partition coefficient (Wildman–Crippen LogP) is 1.67. The molecule has 0 radical (unpaired) electrons. The first-order valence-electron chi connectivity index (χ1n) is 3.11. The van der Waals surface area contributed by atoms with Gasteiger partial charge < -0.3 is 9.47 Å². The molecule has 0 N–H and O–H groups in total. The number of ether oxygens (including phenoxy) is 2. The van der Waals surface area contributed by atoms with Crippen molar-refractivity contribution in [2.24, 2.45) is 0 Å². The molecule has 1 atom stereocenters. The van der Waals surface area contributed by atoms with Gasteiger partial charge in [-0.05, 0) is 26.8 Å². The summed E-state index contributed by atoms with van der Waals surface area (Å²) in [7, 11) is 0. The van der Waals surface area contributed by atoms with Crippen molar-refractivity contribution in [1.29, 1.82) is 0 Å². The molecule has 1 rings (SSSR count). The van der Waals surface area contributed by atoms with Crippen LogP contribution in [0.15, 0.2) is 12.3 Å². The monoisotopic (exact) mass is 128 g/mol. The van der Waals surface area contributed by atoms with Gasteiger partial charge in [0.1, 0.15) is 0 Å². The molecule has 0 spiro atoms. The molecule has 1 aliphatic heterocycles. The molecule has 0 aromatic carbocycles. The van der Waals surface area contributed by atoms with Crippen LogP contribution in [-0.4, -0.2) is 11.9 Å². The summed E-state index contributed by atoms with van der Waals surface area (Å²) in [6.07, 6.45) is 3.48. The molecule has 0 bridgehead atoms. The first-order valence-corrected chi connectivity index (χ1v) is 3.11. The van der Waals surface area contributed by atoms with Crippen molar-refractivity contribution in [2.75, 3.05) is 0 Å². The molecule has 1 aliphatic rings. The van der Waals surface area contributed by atoms with Gasteiger partial charge in [0.05, 0.1) is 11.9 Å². The lowest BCUT2D eigenvalue weighted by atomic mass is 10.1. The summed E-state index contributed by atoms with van der Waals surface area (Å²) in [5.41, 5.74) is -0.155. The normalized spacial score (nSPS) is 31.7. The van der Waals surface area contributed by atoms with Crippen LogP contribution < -0.4 is 0 Å². The highest BCUT2D eigenvalue weighted by atomic mass is 16.7. The van der Waals surface area contributed by atoms with E-state index in [1.165, 1.54) is 0 Å². The van der Waals surface area contributed by atoms with Crippen LogP contribution in [0.2, 0.25) is 0 Å². The van der Waals surface area contributed by atoms with Gasteiger partial charge in [-0.3, -0.25) is 0 Å². The van der Waals surface area contributed by atoms with Crippen molar-refractivity contribution < 1.29 is 9.47 Å². The zero-order valence-corrected chi connectivity index (χ0v) is 6.05. The van der Waals surface area contributed by atoms with E-state index in [2.05, 4.69) is 0 Å². The van der Waals surface area contributed by atoms with Gasteiger partial charge in [0.25, 0.3) is 0 Å². The van der Waals surface area contributed by atoms with E-state index in [1.807, 2.05) is 26.8 Å². The average molecular weight is 128 g/mol. The van der Waals surface area contributed by atoms with Crippen LogP contribution in [0, 0.1) is 0 Å². The minimum absolute atomic E-state index is 0.106. The molecule has 0 aliphatic carbocycles. The first-order chi connectivity index (χ1) is 4.10. The zero-order valence-electron chi connectivity index (χ0n) is 6.05. The van der Waals surface area contributed by atoms with Crippen molar-refractivity contribution in [3.05, 3.63) is 12.3 Å². The lowest BCUT2D eigenvalue weighted by Crippen LogP contribution is -2.31. The van der Waals surface area contributed by atoms with Gasteiger partial charge in [-0.15, -0.1) is 0 Å². The number of hydrogen-bond donors (Lipinski definition) is 0. The molecule has 0 fully saturated rings. The van der Waals surface area contributed by atoms with E-state index in [0.717, 1.165) is 0 Å². The van der Waals surface area contributed by atoms with Crippen molar-refractivity contribution in [2.45, 2.75) is 32.7 Å². The molecule has 0 saturated carbocycles. The SMILES string of the molecule is CC1OC=CC(C)(C)O1. The van der Waals surface area contributed by atoms with E-state index < -0.39 is 0 Å². The second-order valence-corrected chi connectivity index (χ2v) is 2.73. The van der Waals surface area contributed by atoms with Gasteiger partial charge in [0.15, 0.2) is 6.29 Å². The van der Waals surface area contributed by atoms with Crippen LogP contribution in [0.5, 0.6) is 0 Å². The highest BCUT2D eigenvalue weighted by Gasteiger charge is 2.21. The van der Waals surface area contributed by atoms with Gasteiger partial charge in [-0.1, -0.05) is 0 Å². The average Bonchev–Trinajstić information content (AvgIpc) is 1.60. The summed E-state index contributed by atoms with van der Waals surface area (Å²) < 4.78 is 10.4. The Morgan fingerprint density at radius 2 is 2.11 bits per heavy atom. The second-order valence-electron chi connectivity index (χ2n) is 2.73. The van der Waals surface area contributed by atoms with Crippen LogP contribution in [0.3, 0.4) is 0 Å². The highest BCUT2D eigenvalue weighted by Crippen LogP contribution is 2.18. The first kappa shape index (κ1) is 6.62. The number of hydrogen-bond acceptors (Lipinski definition) is 2. The van der Waals surface area contributed by atoms with E-state index >= 15 is 0 Å². The van der Waals surface area contributed by atoms with E-state index in [-0.39, 0.29) is 11.9 Å². The molecule has 1 unspecified atom stereocenters. The predicted molar refractivity (Wildman–Crippen MR) is 34.9 cm³/mol. The van der Waals surface area contributed by atoms with Crippen LogP contribution in [0.1, 0.15) is 20.8 Å². The Bertz CT molecular complexity index is 127. The maximum absolute atomic E-state index is 5.36. The molecule has 52 valence electrons. The molecule has 0 saturated heterocycles. The summed E-state index contributed by atoms with van der Waals surface area (Å²) in [6.45, 7) is 5.89. The van der Waals surface area contributed by atoms with Crippen molar-refractivity contribution in [3.63, 3.8) is 0 Å². The minimum Gasteiger partial charge on any atom is -0.473 e. The van der Waals surface area contributed by atoms with Crippen LogP contribution in [-0.2, 0) is 9.47 Å². The quantitative estimate of drug-likeness (QED) is 0.494. The molecule has 1 heterocycles. The summed E-state index contributed by atoms with van der Waals surface area (Å²) in [5, 5.41) is 0. The Balaban J connectivity index is 2.60. The Labute approximate surface area is 55.5 Å². The Hall–Kier alpha value is -0.500. The van der Waals surface area contributed by atoms with Gasteiger partial charge in [-0.25, -0.2) is 0 Å². The molecule has 9 heavy (non-hydrogen) atoms. The molecular formula is C7H12O2. The summed E-state index contributed by atoms with van der Waals surface area (Å²) in [4.78, 5) is 0. The van der Waals surface area contributed by atoms with E-state index in [4.69, 9.17) is 9.47 Å². The molecular weight excluding hydrogens is 116 g/mol. The van der Waals surface area contributed by atoms with Crippen molar-refractivity contribution in [1.82, 2.24) is 0 Å². The smallest absolute Gasteiger partial charge is 0.197 e. The second kappa shape index (κ2) is 2.03. The van der Waals surface area contributed by atoms with Crippen LogP contribution in [0.25, 0.3) is 0 Å². The topological polar surface area (TPSA) is 18.5 Å². The fraction of sp³-hybridized carbons (Fsp3) is 0.714. The largest absolute Gasteiger partial charge is 0.473 e. The van der Waals surface area contributed by atoms with Crippen molar-refractivity contribution >= 4 is 0 Å². The third-order valence-electron chi connectivity index (χ3n) is 1.21.